The maximum atomic E-state index is 13.5. The minimum Gasteiger partial charge on any atom is -0.325 e. The number of aryl methyl sites for hydroxylation is 2. The van der Waals surface area contributed by atoms with E-state index in [1.807, 2.05) is 85.3 Å². The molecule has 8 heteroatoms. The van der Waals surface area contributed by atoms with Gasteiger partial charge in [-0.1, -0.05) is 83.5 Å². The second kappa shape index (κ2) is 8.92. The molecule has 1 amide bonds. The predicted molar refractivity (Wildman–Crippen MR) is 133 cm³/mol. The van der Waals surface area contributed by atoms with Crippen LogP contribution in [0.2, 0.25) is 5.02 Å². The van der Waals surface area contributed by atoms with Gasteiger partial charge in [0.25, 0.3) is 0 Å². The Hall–Kier alpha value is -3.29. The van der Waals surface area contributed by atoms with Crippen LogP contribution in [-0.4, -0.2) is 26.0 Å². The Balaban J connectivity index is 1.51. The summed E-state index contributed by atoms with van der Waals surface area (Å²) in [4.78, 5) is 13.5. The van der Waals surface area contributed by atoms with Crippen molar-refractivity contribution in [2.75, 3.05) is 10.7 Å². The highest BCUT2D eigenvalue weighted by Gasteiger charge is 2.38. The molecule has 2 N–H and O–H groups in total. The van der Waals surface area contributed by atoms with Crippen molar-refractivity contribution < 1.29 is 4.79 Å². The fourth-order valence-electron chi connectivity index (χ4n) is 3.91. The van der Waals surface area contributed by atoms with Crippen LogP contribution in [-0.2, 0) is 4.79 Å². The molecule has 0 saturated heterocycles. The normalized spacial score (nSPS) is 17.2. The number of amides is 1. The number of carbonyl (C=O) groups excluding carboxylic acids is 1. The SMILES string of the molecule is Cc1ccc(NC(=O)[C@@H]2Sc3nnc(-c4ccccc4)n3N[C@@H]2c2ccc(Cl)cc2)c(C)c1. The van der Waals surface area contributed by atoms with E-state index in [4.69, 9.17) is 11.6 Å². The van der Waals surface area contributed by atoms with E-state index in [-0.39, 0.29) is 11.9 Å². The second-order valence-corrected chi connectivity index (χ2v) is 9.56. The van der Waals surface area contributed by atoms with Crippen LogP contribution in [0.25, 0.3) is 11.4 Å². The van der Waals surface area contributed by atoms with Crippen molar-refractivity contribution in [3.8, 4) is 11.4 Å². The van der Waals surface area contributed by atoms with E-state index in [0.29, 0.717) is 16.0 Å². The zero-order valence-electron chi connectivity index (χ0n) is 18.1. The fraction of sp³-hybridized carbons (Fsp3) is 0.160. The van der Waals surface area contributed by atoms with E-state index in [9.17, 15) is 4.79 Å². The summed E-state index contributed by atoms with van der Waals surface area (Å²) in [5.41, 5.74) is 8.36. The zero-order valence-corrected chi connectivity index (χ0v) is 19.7. The molecule has 4 aromatic rings. The molecule has 0 unspecified atom stereocenters. The van der Waals surface area contributed by atoms with Gasteiger partial charge in [-0.2, -0.15) is 0 Å². The van der Waals surface area contributed by atoms with Crippen LogP contribution >= 0.6 is 23.4 Å². The van der Waals surface area contributed by atoms with Crippen molar-refractivity contribution in [1.82, 2.24) is 14.9 Å². The Morgan fingerprint density at radius 3 is 2.52 bits per heavy atom. The number of aromatic nitrogens is 3. The van der Waals surface area contributed by atoms with Gasteiger partial charge in [0, 0.05) is 16.3 Å². The molecule has 1 aliphatic heterocycles. The number of thioether (sulfide) groups is 1. The highest BCUT2D eigenvalue weighted by Crippen LogP contribution is 2.39. The van der Waals surface area contributed by atoms with Crippen LogP contribution in [0.15, 0.2) is 78.0 Å². The molecule has 0 saturated carbocycles. The Morgan fingerprint density at radius 2 is 1.79 bits per heavy atom. The summed E-state index contributed by atoms with van der Waals surface area (Å²) < 4.78 is 1.86. The molecule has 6 nitrogen and oxygen atoms in total. The number of anilines is 1. The maximum Gasteiger partial charge on any atom is 0.240 e. The standard InChI is InChI=1S/C25H22ClN5OS/c1-15-8-13-20(16(2)14-15)27-24(32)22-21(17-9-11-19(26)12-10-17)30-31-23(28-29-25(31)33-22)18-6-4-3-5-7-18/h3-14,21-22,30H,1-2H3,(H,27,32)/t21-,22-/m1/s1. The molecule has 166 valence electrons. The number of rotatable bonds is 4. The molecule has 2 heterocycles. The summed E-state index contributed by atoms with van der Waals surface area (Å²) in [5, 5.41) is 12.7. The summed E-state index contributed by atoms with van der Waals surface area (Å²) in [7, 11) is 0. The number of benzene rings is 3. The zero-order chi connectivity index (χ0) is 22.9. The number of hydrogen-bond acceptors (Lipinski definition) is 5. The largest absolute Gasteiger partial charge is 0.325 e. The van der Waals surface area contributed by atoms with Crippen LogP contribution < -0.4 is 10.7 Å². The van der Waals surface area contributed by atoms with Crippen LogP contribution in [0.3, 0.4) is 0 Å². The molecule has 0 bridgehead atoms. The number of nitrogens with one attached hydrogen (secondary N) is 2. The molecule has 0 spiro atoms. The van der Waals surface area contributed by atoms with Crippen LogP contribution in [0.5, 0.6) is 0 Å². The maximum absolute atomic E-state index is 13.5. The van der Waals surface area contributed by atoms with E-state index in [2.05, 4.69) is 27.0 Å². The minimum absolute atomic E-state index is 0.102. The molecule has 1 aliphatic rings. The molecule has 2 atom stereocenters. The smallest absolute Gasteiger partial charge is 0.240 e. The Kier molecular flexibility index (Phi) is 5.83. The van der Waals surface area contributed by atoms with Gasteiger partial charge in [0.05, 0.1) is 6.04 Å². The van der Waals surface area contributed by atoms with Crippen molar-refractivity contribution >= 4 is 35.0 Å². The van der Waals surface area contributed by atoms with E-state index in [1.54, 1.807) is 0 Å². The molecule has 3 aromatic carbocycles. The van der Waals surface area contributed by atoms with Crippen molar-refractivity contribution in [2.45, 2.75) is 30.3 Å². The van der Waals surface area contributed by atoms with Gasteiger partial charge < -0.3 is 10.7 Å². The average molecular weight is 476 g/mol. The first-order chi connectivity index (χ1) is 16.0. The summed E-state index contributed by atoms with van der Waals surface area (Å²) in [6.45, 7) is 4.03. The van der Waals surface area contributed by atoms with E-state index in [1.165, 1.54) is 11.8 Å². The number of fused-ring (bicyclic) bond motifs is 1. The van der Waals surface area contributed by atoms with Gasteiger partial charge >= 0.3 is 0 Å². The molecule has 1 aromatic heterocycles. The number of halogens is 1. The first-order valence-corrected chi connectivity index (χ1v) is 11.8. The predicted octanol–water partition coefficient (Wildman–Crippen LogP) is 5.61. The first-order valence-electron chi connectivity index (χ1n) is 10.6. The van der Waals surface area contributed by atoms with Gasteiger partial charge in [-0.25, -0.2) is 4.68 Å². The quantitative estimate of drug-likeness (QED) is 0.401. The summed E-state index contributed by atoms with van der Waals surface area (Å²) in [5.74, 6) is 0.597. The van der Waals surface area contributed by atoms with Crippen molar-refractivity contribution in [3.63, 3.8) is 0 Å². The molecule has 0 radical (unpaired) electrons. The molecule has 33 heavy (non-hydrogen) atoms. The fourth-order valence-corrected chi connectivity index (χ4v) is 5.11. The van der Waals surface area contributed by atoms with Crippen LogP contribution in [0.1, 0.15) is 22.7 Å². The van der Waals surface area contributed by atoms with Crippen molar-refractivity contribution in [3.05, 3.63) is 94.5 Å². The average Bonchev–Trinajstić information content (AvgIpc) is 3.24. The van der Waals surface area contributed by atoms with Gasteiger partial charge in [-0.15, -0.1) is 10.2 Å². The Morgan fingerprint density at radius 1 is 1.03 bits per heavy atom. The van der Waals surface area contributed by atoms with Crippen molar-refractivity contribution in [1.29, 1.82) is 0 Å². The third-order valence-corrected chi connectivity index (χ3v) is 7.06. The highest BCUT2D eigenvalue weighted by atomic mass is 35.5. The highest BCUT2D eigenvalue weighted by molar-refractivity contribution is 8.00. The summed E-state index contributed by atoms with van der Waals surface area (Å²) in [6, 6.07) is 23.1. The Bertz CT molecular complexity index is 1310. The molecular formula is C25H22ClN5OS. The lowest BCUT2D eigenvalue weighted by Crippen LogP contribution is -2.41. The van der Waals surface area contributed by atoms with E-state index in [0.717, 1.165) is 27.9 Å². The minimum atomic E-state index is -0.466. The lowest BCUT2D eigenvalue weighted by Gasteiger charge is -2.33. The lowest BCUT2D eigenvalue weighted by molar-refractivity contribution is -0.116. The molecule has 0 fully saturated rings. The van der Waals surface area contributed by atoms with E-state index >= 15 is 0 Å². The monoisotopic (exact) mass is 475 g/mol. The van der Waals surface area contributed by atoms with Gasteiger partial charge in [0.15, 0.2) is 5.82 Å². The number of hydrogen-bond donors (Lipinski definition) is 2. The second-order valence-electron chi connectivity index (χ2n) is 8.01. The summed E-state index contributed by atoms with van der Waals surface area (Å²) >= 11 is 7.52. The molecule has 0 aliphatic carbocycles. The van der Waals surface area contributed by atoms with Gasteiger partial charge in [0.2, 0.25) is 11.1 Å². The van der Waals surface area contributed by atoms with Crippen molar-refractivity contribution in [2.24, 2.45) is 0 Å². The molecule has 5 rings (SSSR count). The Labute approximate surface area is 201 Å². The first kappa shape index (κ1) is 21.6. The van der Waals surface area contributed by atoms with Gasteiger partial charge in [-0.05, 0) is 43.2 Å². The van der Waals surface area contributed by atoms with Gasteiger partial charge in [-0.3, -0.25) is 4.79 Å². The van der Waals surface area contributed by atoms with Crippen LogP contribution in [0.4, 0.5) is 5.69 Å². The lowest BCUT2D eigenvalue weighted by atomic mass is 10.0. The number of nitrogens with zero attached hydrogens (tertiary/aromatic N) is 3. The molecular weight excluding hydrogens is 454 g/mol. The van der Waals surface area contributed by atoms with Crippen LogP contribution in [0, 0.1) is 13.8 Å². The topological polar surface area (TPSA) is 71.8 Å². The number of carbonyl (C=O) groups is 1. The third kappa shape index (κ3) is 4.34. The van der Waals surface area contributed by atoms with Gasteiger partial charge in [0.1, 0.15) is 5.25 Å². The van der Waals surface area contributed by atoms with E-state index < -0.39 is 5.25 Å². The third-order valence-electron chi connectivity index (χ3n) is 5.60. The summed E-state index contributed by atoms with van der Waals surface area (Å²) in [6.07, 6.45) is 0.